The van der Waals surface area contributed by atoms with Gasteiger partial charge in [-0.3, -0.25) is 9.59 Å². The molecule has 0 atom stereocenters. The van der Waals surface area contributed by atoms with Crippen LogP contribution in [-0.2, 0) is 12.7 Å². The lowest BCUT2D eigenvalue weighted by Gasteiger charge is -2.13. The van der Waals surface area contributed by atoms with Gasteiger partial charge in [-0.1, -0.05) is 13.0 Å². The Labute approximate surface area is 118 Å². The Hall–Kier alpha value is -2.31. The Morgan fingerprint density at radius 1 is 1.29 bits per heavy atom. The molecule has 21 heavy (non-hydrogen) atoms. The Morgan fingerprint density at radius 2 is 1.95 bits per heavy atom. The van der Waals surface area contributed by atoms with Gasteiger partial charge >= 0.3 is 6.18 Å². The zero-order chi connectivity index (χ0) is 15.8. The molecule has 4 nitrogen and oxygen atoms in total. The van der Waals surface area contributed by atoms with Gasteiger partial charge in [-0.25, -0.2) is 0 Å². The molecule has 0 fully saturated rings. The largest absolute Gasteiger partial charge is 0.416 e. The van der Waals surface area contributed by atoms with Crippen molar-refractivity contribution in [3.05, 3.63) is 45.7 Å². The van der Waals surface area contributed by atoms with Crippen LogP contribution in [0.25, 0.3) is 10.9 Å². The topological polar surface area (TPSA) is 65.1 Å². The van der Waals surface area contributed by atoms with Gasteiger partial charge in [-0.2, -0.15) is 13.2 Å². The van der Waals surface area contributed by atoms with Crippen molar-refractivity contribution in [2.75, 3.05) is 0 Å². The molecule has 0 aliphatic heterocycles. The van der Waals surface area contributed by atoms with Crippen LogP contribution in [0.2, 0.25) is 0 Å². The summed E-state index contributed by atoms with van der Waals surface area (Å²) in [7, 11) is 0. The van der Waals surface area contributed by atoms with Crippen molar-refractivity contribution in [1.29, 1.82) is 0 Å². The summed E-state index contributed by atoms with van der Waals surface area (Å²) in [6.07, 6.45) is -3.96. The molecule has 0 saturated heterocycles. The number of pyridine rings is 1. The van der Waals surface area contributed by atoms with Crippen LogP contribution >= 0.6 is 0 Å². The van der Waals surface area contributed by atoms with Crippen molar-refractivity contribution in [3.8, 4) is 0 Å². The second kappa shape index (κ2) is 5.23. The molecule has 1 aromatic heterocycles. The summed E-state index contributed by atoms with van der Waals surface area (Å²) in [4.78, 5) is 23.4. The standard InChI is InChI=1S/C14H13F3N2O2/c1-2-5-19-11-7-9(14(15,16)17)4-3-8(11)6-10(12(18)20)13(19)21/h3-4,6-7H,2,5H2,1H3,(H2,18,20). The lowest BCUT2D eigenvalue weighted by Crippen LogP contribution is -2.30. The normalized spacial score (nSPS) is 11.8. The zero-order valence-corrected chi connectivity index (χ0v) is 11.2. The number of benzene rings is 1. The highest BCUT2D eigenvalue weighted by Crippen LogP contribution is 2.31. The van der Waals surface area contributed by atoms with E-state index in [1.807, 2.05) is 0 Å². The second-order valence-corrected chi connectivity index (χ2v) is 4.65. The number of aryl methyl sites for hydroxylation is 1. The van der Waals surface area contributed by atoms with Gasteiger partial charge in [-0.05, 0) is 30.0 Å². The first kappa shape index (κ1) is 15.1. The third-order valence-electron chi connectivity index (χ3n) is 3.14. The number of primary amides is 1. The number of fused-ring (bicyclic) bond motifs is 1. The van der Waals surface area contributed by atoms with E-state index in [4.69, 9.17) is 5.73 Å². The van der Waals surface area contributed by atoms with E-state index in [9.17, 15) is 22.8 Å². The minimum Gasteiger partial charge on any atom is -0.365 e. The molecule has 1 heterocycles. The van der Waals surface area contributed by atoms with Crippen molar-refractivity contribution < 1.29 is 18.0 Å². The Balaban J connectivity index is 2.84. The van der Waals surface area contributed by atoms with Crippen molar-refractivity contribution >= 4 is 16.8 Å². The van der Waals surface area contributed by atoms with Gasteiger partial charge in [0.05, 0.1) is 11.1 Å². The molecular formula is C14H13F3N2O2. The van der Waals surface area contributed by atoms with Crippen molar-refractivity contribution in [2.24, 2.45) is 5.73 Å². The first-order chi connectivity index (χ1) is 9.75. The van der Waals surface area contributed by atoms with E-state index in [0.29, 0.717) is 11.8 Å². The number of rotatable bonds is 3. The van der Waals surface area contributed by atoms with Gasteiger partial charge in [-0.15, -0.1) is 0 Å². The maximum Gasteiger partial charge on any atom is 0.416 e. The number of carbonyl (C=O) groups excluding carboxylic acids is 1. The quantitative estimate of drug-likeness (QED) is 0.946. The van der Waals surface area contributed by atoms with Crippen LogP contribution in [-0.4, -0.2) is 10.5 Å². The third-order valence-corrected chi connectivity index (χ3v) is 3.14. The van der Waals surface area contributed by atoms with E-state index >= 15 is 0 Å². The molecule has 2 N–H and O–H groups in total. The Morgan fingerprint density at radius 3 is 2.48 bits per heavy atom. The number of alkyl halides is 3. The number of hydrogen-bond acceptors (Lipinski definition) is 2. The van der Waals surface area contributed by atoms with Crippen LogP contribution < -0.4 is 11.3 Å². The molecule has 7 heteroatoms. The van der Waals surface area contributed by atoms with Gasteiger partial charge < -0.3 is 10.3 Å². The minimum absolute atomic E-state index is 0.140. The van der Waals surface area contributed by atoms with Crippen molar-refractivity contribution in [1.82, 2.24) is 4.57 Å². The van der Waals surface area contributed by atoms with Gasteiger partial charge in [0.15, 0.2) is 0 Å². The number of hydrogen-bond donors (Lipinski definition) is 1. The summed E-state index contributed by atoms with van der Waals surface area (Å²) in [6, 6.07) is 4.29. The lowest BCUT2D eigenvalue weighted by molar-refractivity contribution is -0.137. The Bertz CT molecular complexity index is 763. The summed E-state index contributed by atoms with van der Waals surface area (Å²) >= 11 is 0. The molecule has 0 saturated carbocycles. The Kier molecular flexibility index (Phi) is 3.76. The summed E-state index contributed by atoms with van der Waals surface area (Å²) in [5.41, 5.74) is 3.54. The SMILES string of the molecule is CCCn1c(=O)c(C(N)=O)cc2ccc(C(F)(F)F)cc21. The fraction of sp³-hybridized carbons (Fsp3) is 0.286. The minimum atomic E-state index is -4.50. The smallest absolute Gasteiger partial charge is 0.365 e. The average Bonchev–Trinajstić information content (AvgIpc) is 2.39. The molecule has 0 spiro atoms. The molecule has 0 unspecified atom stereocenters. The van der Waals surface area contributed by atoms with Crippen LogP contribution in [0.1, 0.15) is 29.3 Å². The number of carbonyl (C=O) groups is 1. The van der Waals surface area contributed by atoms with Crippen molar-refractivity contribution in [3.63, 3.8) is 0 Å². The number of halogens is 3. The van der Waals surface area contributed by atoms with Crippen LogP contribution in [0.4, 0.5) is 13.2 Å². The summed E-state index contributed by atoms with van der Waals surface area (Å²) < 4.78 is 39.5. The second-order valence-electron chi connectivity index (χ2n) is 4.65. The third kappa shape index (κ3) is 2.76. The zero-order valence-electron chi connectivity index (χ0n) is 11.2. The van der Waals surface area contributed by atoms with E-state index in [2.05, 4.69) is 0 Å². The molecule has 2 aromatic rings. The first-order valence-corrected chi connectivity index (χ1v) is 6.30. The lowest BCUT2D eigenvalue weighted by atomic mass is 10.1. The maximum absolute atomic E-state index is 12.8. The molecule has 112 valence electrons. The summed E-state index contributed by atoms with van der Waals surface area (Å²) in [6.45, 7) is 1.99. The van der Waals surface area contributed by atoms with E-state index < -0.39 is 23.2 Å². The molecule has 0 radical (unpaired) electrons. The molecular weight excluding hydrogens is 285 g/mol. The monoisotopic (exact) mass is 298 g/mol. The fourth-order valence-electron chi connectivity index (χ4n) is 2.17. The van der Waals surface area contributed by atoms with Crippen LogP contribution in [0.15, 0.2) is 29.1 Å². The molecule has 0 aliphatic carbocycles. The summed E-state index contributed by atoms with van der Waals surface area (Å²) in [5, 5.41) is 0.366. The van der Waals surface area contributed by atoms with Crippen LogP contribution in [0.3, 0.4) is 0 Å². The van der Waals surface area contributed by atoms with Gasteiger partial charge in [0.2, 0.25) is 0 Å². The first-order valence-electron chi connectivity index (χ1n) is 6.30. The highest BCUT2D eigenvalue weighted by atomic mass is 19.4. The highest BCUT2D eigenvalue weighted by molar-refractivity contribution is 5.96. The van der Waals surface area contributed by atoms with E-state index in [1.165, 1.54) is 12.1 Å². The number of amides is 1. The predicted octanol–water partition coefficient (Wildman–Crippen LogP) is 2.53. The van der Waals surface area contributed by atoms with E-state index in [-0.39, 0.29) is 17.6 Å². The molecule has 1 amide bonds. The molecule has 0 aliphatic rings. The molecule has 2 rings (SSSR count). The van der Waals surface area contributed by atoms with Crippen LogP contribution in [0.5, 0.6) is 0 Å². The van der Waals surface area contributed by atoms with E-state index in [0.717, 1.165) is 16.7 Å². The summed E-state index contributed by atoms with van der Waals surface area (Å²) in [5.74, 6) is -0.897. The number of nitrogens with zero attached hydrogens (tertiary/aromatic N) is 1. The van der Waals surface area contributed by atoms with Gasteiger partial charge in [0, 0.05) is 6.54 Å². The van der Waals surface area contributed by atoms with E-state index in [1.54, 1.807) is 6.92 Å². The van der Waals surface area contributed by atoms with Crippen LogP contribution in [0, 0.1) is 0 Å². The number of nitrogens with two attached hydrogens (primary N) is 1. The molecule has 1 aromatic carbocycles. The highest BCUT2D eigenvalue weighted by Gasteiger charge is 2.31. The average molecular weight is 298 g/mol. The predicted molar refractivity (Wildman–Crippen MR) is 72.0 cm³/mol. The van der Waals surface area contributed by atoms with Gasteiger partial charge in [0.25, 0.3) is 11.5 Å². The van der Waals surface area contributed by atoms with Gasteiger partial charge in [0.1, 0.15) is 5.56 Å². The van der Waals surface area contributed by atoms with Crippen molar-refractivity contribution in [2.45, 2.75) is 26.1 Å². The molecule has 0 bridgehead atoms. The fourth-order valence-corrected chi connectivity index (χ4v) is 2.17. The number of aromatic nitrogens is 1. The maximum atomic E-state index is 12.8.